The molecule has 4 nitrogen and oxygen atoms in total. The Balaban J connectivity index is 1.91. The summed E-state index contributed by atoms with van der Waals surface area (Å²) >= 11 is 12.3. The number of aromatic nitrogens is 4. The highest BCUT2D eigenvalue weighted by Crippen LogP contribution is 2.25. The fourth-order valence-electron chi connectivity index (χ4n) is 2.07. The first kappa shape index (κ1) is 14.0. The van der Waals surface area contributed by atoms with Gasteiger partial charge in [0.05, 0.1) is 6.54 Å². The number of aryl methyl sites for hydroxylation is 1. The van der Waals surface area contributed by atoms with Gasteiger partial charge in [0.15, 0.2) is 0 Å². The molecule has 0 amide bonds. The lowest BCUT2D eigenvalue weighted by Gasteiger charge is -2.05. The molecule has 1 heterocycles. The van der Waals surface area contributed by atoms with Gasteiger partial charge in [0.2, 0.25) is 5.82 Å². The summed E-state index contributed by atoms with van der Waals surface area (Å²) in [5, 5.41) is 13.8. The van der Waals surface area contributed by atoms with Gasteiger partial charge in [-0.1, -0.05) is 53.5 Å². The highest BCUT2D eigenvalue weighted by Gasteiger charge is 2.11. The highest BCUT2D eigenvalue weighted by atomic mass is 35.5. The van der Waals surface area contributed by atoms with E-state index in [4.69, 9.17) is 23.2 Å². The van der Waals surface area contributed by atoms with Crippen LogP contribution in [0.15, 0.2) is 42.5 Å². The number of hydrogen-bond donors (Lipinski definition) is 0. The van der Waals surface area contributed by atoms with E-state index in [1.165, 1.54) is 4.80 Å². The Morgan fingerprint density at radius 3 is 2.43 bits per heavy atom. The molecular formula is C15H12Cl2N4. The van der Waals surface area contributed by atoms with Gasteiger partial charge in [-0.2, -0.15) is 4.80 Å². The summed E-state index contributed by atoms with van der Waals surface area (Å²) in [7, 11) is 0. The first-order valence-corrected chi connectivity index (χ1v) is 7.17. The maximum Gasteiger partial charge on any atom is 0.205 e. The zero-order valence-electron chi connectivity index (χ0n) is 11.3. The molecule has 0 spiro atoms. The van der Waals surface area contributed by atoms with Crippen LogP contribution in [0.1, 0.15) is 11.1 Å². The first-order valence-electron chi connectivity index (χ1n) is 6.42. The zero-order chi connectivity index (χ0) is 14.8. The average Bonchev–Trinajstić information content (AvgIpc) is 2.92. The number of benzene rings is 2. The molecule has 3 aromatic rings. The Kier molecular flexibility index (Phi) is 3.90. The van der Waals surface area contributed by atoms with Crippen molar-refractivity contribution in [2.45, 2.75) is 13.5 Å². The van der Waals surface area contributed by atoms with E-state index < -0.39 is 0 Å². The molecule has 1 aromatic heterocycles. The van der Waals surface area contributed by atoms with Gasteiger partial charge in [-0.15, -0.1) is 10.2 Å². The molecule has 0 aliphatic carbocycles. The highest BCUT2D eigenvalue weighted by molar-refractivity contribution is 6.35. The summed E-state index contributed by atoms with van der Waals surface area (Å²) in [6.07, 6.45) is 0. The maximum atomic E-state index is 6.15. The summed E-state index contributed by atoms with van der Waals surface area (Å²) in [6.45, 7) is 2.40. The van der Waals surface area contributed by atoms with Crippen molar-refractivity contribution in [3.8, 4) is 11.4 Å². The third kappa shape index (κ3) is 2.91. The summed E-state index contributed by atoms with van der Waals surface area (Å²) in [5.74, 6) is 0.594. The second-order valence-corrected chi connectivity index (χ2v) is 5.47. The van der Waals surface area contributed by atoms with Crippen LogP contribution in [-0.4, -0.2) is 20.2 Å². The van der Waals surface area contributed by atoms with Crippen molar-refractivity contribution in [1.82, 2.24) is 20.2 Å². The molecule has 0 fully saturated rings. The van der Waals surface area contributed by atoms with E-state index in [0.717, 1.165) is 16.7 Å². The first-order chi connectivity index (χ1) is 10.1. The number of tetrazole rings is 1. The summed E-state index contributed by atoms with van der Waals surface area (Å²) in [6, 6.07) is 13.3. The molecule has 6 heteroatoms. The van der Waals surface area contributed by atoms with E-state index in [1.807, 2.05) is 37.3 Å². The Labute approximate surface area is 132 Å². The van der Waals surface area contributed by atoms with Gasteiger partial charge in [-0.25, -0.2) is 0 Å². The molecule has 0 atom stereocenters. The number of rotatable bonds is 3. The van der Waals surface area contributed by atoms with Gasteiger partial charge in [0.1, 0.15) is 0 Å². The molecule has 3 rings (SSSR count). The molecule has 0 unspecified atom stereocenters. The summed E-state index contributed by atoms with van der Waals surface area (Å²) in [4.78, 5) is 1.49. The molecule has 21 heavy (non-hydrogen) atoms. The second-order valence-electron chi connectivity index (χ2n) is 4.66. The van der Waals surface area contributed by atoms with Crippen molar-refractivity contribution < 1.29 is 0 Å². The molecule has 106 valence electrons. The van der Waals surface area contributed by atoms with Gasteiger partial charge in [0, 0.05) is 21.2 Å². The molecule has 2 aromatic carbocycles. The predicted molar refractivity (Wildman–Crippen MR) is 83.6 cm³/mol. The molecule has 0 N–H and O–H groups in total. The topological polar surface area (TPSA) is 43.6 Å². The molecular weight excluding hydrogens is 307 g/mol. The van der Waals surface area contributed by atoms with Crippen molar-refractivity contribution in [2.75, 3.05) is 0 Å². The third-order valence-electron chi connectivity index (χ3n) is 3.20. The van der Waals surface area contributed by atoms with Crippen LogP contribution in [0.5, 0.6) is 0 Å². The van der Waals surface area contributed by atoms with Crippen LogP contribution in [-0.2, 0) is 6.54 Å². The van der Waals surface area contributed by atoms with Crippen LogP contribution in [0.2, 0.25) is 10.0 Å². The largest absolute Gasteiger partial charge is 0.205 e. The van der Waals surface area contributed by atoms with E-state index >= 15 is 0 Å². The minimum Gasteiger partial charge on any atom is -0.159 e. The molecule has 0 aliphatic rings. The number of hydrogen-bond acceptors (Lipinski definition) is 3. The monoisotopic (exact) mass is 318 g/mol. The zero-order valence-corrected chi connectivity index (χ0v) is 12.8. The van der Waals surface area contributed by atoms with Crippen LogP contribution in [0.4, 0.5) is 0 Å². The van der Waals surface area contributed by atoms with E-state index in [-0.39, 0.29) is 0 Å². The lowest BCUT2D eigenvalue weighted by Crippen LogP contribution is -2.05. The van der Waals surface area contributed by atoms with Crippen molar-refractivity contribution in [3.63, 3.8) is 0 Å². The van der Waals surface area contributed by atoms with Gasteiger partial charge in [0.25, 0.3) is 0 Å². The molecule has 0 radical (unpaired) electrons. The molecule has 0 saturated carbocycles. The minimum atomic E-state index is 0.386. The minimum absolute atomic E-state index is 0.386. The fourth-order valence-corrected chi connectivity index (χ4v) is 2.58. The van der Waals surface area contributed by atoms with E-state index in [2.05, 4.69) is 15.4 Å². The van der Waals surface area contributed by atoms with Crippen LogP contribution < -0.4 is 0 Å². The Bertz CT molecular complexity index is 763. The van der Waals surface area contributed by atoms with Gasteiger partial charge < -0.3 is 0 Å². The lowest BCUT2D eigenvalue weighted by atomic mass is 10.1. The van der Waals surface area contributed by atoms with Crippen molar-refractivity contribution >= 4 is 23.2 Å². The summed E-state index contributed by atoms with van der Waals surface area (Å²) in [5.41, 5.74) is 2.86. The average molecular weight is 319 g/mol. The molecule has 0 bridgehead atoms. The molecule has 0 saturated heterocycles. The Morgan fingerprint density at radius 1 is 1.00 bits per heavy atom. The SMILES string of the molecule is Cc1ccccc1-c1nnn(Cc2c(Cl)cccc2Cl)n1. The summed E-state index contributed by atoms with van der Waals surface area (Å²) < 4.78 is 0. The molecule has 0 aliphatic heterocycles. The lowest BCUT2D eigenvalue weighted by molar-refractivity contribution is 0.573. The van der Waals surface area contributed by atoms with Gasteiger partial charge in [-0.05, 0) is 29.8 Å². The predicted octanol–water partition coefficient (Wildman–Crippen LogP) is 4.00. The number of nitrogens with zero attached hydrogens (tertiary/aromatic N) is 4. The standard InChI is InChI=1S/C15H12Cl2N4/c1-10-5-2-3-6-11(10)15-18-20-21(19-15)9-12-13(16)7-4-8-14(12)17/h2-8H,9H2,1H3. The number of halogens is 2. The van der Waals surface area contributed by atoms with Crippen LogP contribution in [0.3, 0.4) is 0 Å². The van der Waals surface area contributed by atoms with Gasteiger partial charge >= 0.3 is 0 Å². The van der Waals surface area contributed by atoms with Gasteiger partial charge in [-0.3, -0.25) is 0 Å². The maximum absolute atomic E-state index is 6.15. The van der Waals surface area contributed by atoms with Crippen LogP contribution in [0, 0.1) is 6.92 Å². The van der Waals surface area contributed by atoms with Crippen molar-refractivity contribution in [3.05, 3.63) is 63.6 Å². The second kappa shape index (κ2) is 5.84. The fraction of sp³-hybridized carbons (Fsp3) is 0.133. The quantitative estimate of drug-likeness (QED) is 0.733. The van der Waals surface area contributed by atoms with Crippen LogP contribution in [0.25, 0.3) is 11.4 Å². The smallest absolute Gasteiger partial charge is 0.159 e. The van der Waals surface area contributed by atoms with Crippen molar-refractivity contribution in [2.24, 2.45) is 0 Å². The Morgan fingerprint density at radius 2 is 1.71 bits per heavy atom. The third-order valence-corrected chi connectivity index (χ3v) is 3.91. The van der Waals surface area contributed by atoms with Crippen LogP contribution >= 0.6 is 23.2 Å². The van der Waals surface area contributed by atoms with E-state index in [9.17, 15) is 0 Å². The van der Waals surface area contributed by atoms with E-state index in [0.29, 0.717) is 22.4 Å². The van der Waals surface area contributed by atoms with Crippen molar-refractivity contribution in [1.29, 1.82) is 0 Å². The van der Waals surface area contributed by atoms with E-state index in [1.54, 1.807) is 12.1 Å². The normalized spacial score (nSPS) is 10.8. The Hall–Kier alpha value is -1.91.